The minimum atomic E-state index is 0.663. The molecule has 0 bridgehead atoms. The Morgan fingerprint density at radius 3 is 1.85 bits per heavy atom. The summed E-state index contributed by atoms with van der Waals surface area (Å²) in [4.78, 5) is 0. The summed E-state index contributed by atoms with van der Waals surface area (Å²) >= 11 is 0. The van der Waals surface area contributed by atoms with Gasteiger partial charge in [0.2, 0.25) is 0 Å². The van der Waals surface area contributed by atoms with Crippen LogP contribution in [0, 0.1) is 11.3 Å². The quantitative estimate of drug-likeness (QED) is 0.273. The molecular formula is C31H17NO2. The zero-order valence-electron chi connectivity index (χ0n) is 18.1. The topological polar surface area (TPSA) is 50.1 Å². The van der Waals surface area contributed by atoms with Gasteiger partial charge < -0.3 is 8.83 Å². The zero-order chi connectivity index (χ0) is 22.6. The molecule has 0 spiro atoms. The highest BCUT2D eigenvalue weighted by Gasteiger charge is 2.16. The van der Waals surface area contributed by atoms with Crippen molar-refractivity contribution in [2.75, 3.05) is 0 Å². The molecule has 7 rings (SSSR count). The van der Waals surface area contributed by atoms with Crippen LogP contribution in [0.25, 0.3) is 66.1 Å². The van der Waals surface area contributed by atoms with Crippen molar-refractivity contribution in [3.63, 3.8) is 0 Å². The Labute approximate surface area is 195 Å². The van der Waals surface area contributed by atoms with Crippen molar-refractivity contribution in [2.45, 2.75) is 0 Å². The maximum atomic E-state index is 9.07. The maximum Gasteiger partial charge on any atom is 0.178 e. The molecule has 0 atom stereocenters. The van der Waals surface area contributed by atoms with Crippen LogP contribution < -0.4 is 0 Å². The Kier molecular flexibility index (Phi) is 3.91. The Bertz CT molecular complexity index is 1910. The maximum absolute atomic E-state index is 9.07. The van der Waals surface area contributed by atoms with Crippen molar-refractivity contribution >= 4 is 43.9 Å². The average Bonchev–Trinajstić information content (AvgIpc) is 3.47. The van der Waals surface area contributed by atoms with Crippen molar-refractivity contribution in [2.24, 2.45) is 0 Å². The molecule has 5 aromatic carbocycles. The first kappa shape index (κ1) is 18.7. The highest BCUT2D eigenvalue weighted by molar-refractivity contribution is 6.19. The van der Waals surface area contributed by atoms with Gasteiger partial charge in [-0.1, -0.05) is 54.6 Å². The van der Waals surface area contributed by atoms with Crippen molar-refractivity contribution in [1.82, 2.24) is 0 Å². The van der Waals surface area contributed by atoms with Crippen LogP contribution >= 0.6 is 0 Å². The van der Waals surface area contributed by atoms with Gasteiger partial charge in [0, 0.05) is 21.5 Å². The first-order valence-electron chi connectivity index (χ1n) is 11.2. The van der Waals surface area contributed by atoms with Crippen LogP contribution in [0.3, 0.4) is 0 Å². The number of hydrogen-bond acceptors (Lipinski definition) is 3. The van der Waals surface area contributed by atoms with Crippen LogP contribution in [-0.4, -0.2) is 0 Å². The van der Waals surface area contributed by atoms with Gasteiger partial charge in [-0.15, -0.1) is 0 Å². The second kappa shape index (κ2) is 7.10. The number of benzene rings is 5. The molecular weight excluding hydrogens is 418 g/mol. The van der Waals surface area contributed by atoms with E-state index < -0.39 is 0 Å². The highest BCUT2D eigenvalue weighted by Crippen LogP contribution is 2.39. The first-order valence-corrected chi connectivity index (χ1v) is 11.2. The van der Waals surface area contributed by atoms with E-state index in [1.807, 2.05) is 48.5 Å². The summed E-state index contributed by atoms with van der Waals surface area (Å²) in [6.07, 6.45) is 0. The number of rotatable bonds is 2. The highest BCUT2D eigenvalue weighted by atomic mass is 16.4. The largest absolute Gasteiger partial charge is 0.452 e. The predicted octanol–water partition coefficient (Wildman–Crippen LogP) is 8.69. The lowest BCUT2D eigenvalue weighted by atomic mass is 9.97. The van der Waals surface area contributed by atoms with Gasteiger partial charge in [0.25, 0.3) is 0 Å². The van der Waals surface area contributed by atoms with E-state index in [4.69, 9.17) is 14.1 Å². The zero-order valence-corrected chi connectivity index (χ0v) is 18.1. The Morgan fingerprint density at radius 1 is 0.471 bits per heavy atom. The van der Waals surface area contributed by atoms with E-state index in [0.29, 0.717) is 5.56 Å². The number of nitrogens with zero attached hydrogens (tertiary/aromatic N) is 1. The average molecular weight is 435 g/mol. The second-order valence-corrected chi connectivity index (χ2v) is 8.50. The van der Waals surface area contributed by atoms with Gasteiger partial charge in [-0.05, 0) is 70.8 Å². The molecule has 7 aromatic rings. The van der Waals surface area contributed by atoms with E-state index >= 15 is 0 Å². The molecule has 34 heavy (non-hydrogen) atoms. The molecule has 0 radical (unpaired) electrons. The van der Waals surface area contributed by atoms with Crippen LogP contribution in [0.1, 0.15) is 5.56 Å². The number of hydrogen-bond donors (Lipinski definition) is 0. The summed E-state index contributed by atoms with van der Waals surface area (Å²) in [5, 5.41) is 13.3. The molecule has 3 nitrogen and oxygen atoms in total. The lowest BCUT2D eigenvalue weighted by molar-refractivity contribution is 0.633. The second-order valence-electron chi connectivity index (χ2n) is 8.50. The molecule has 0 saturated carbocycles. The van der Waals surface area contributed by atoms with Crippen molar-refractivity contribution in [3.8, 4) is 28.3 Å². The number of para-hydroxylation sites is 1. The molecule has 0 aliphatic heterocycles. The summed E-state index contributed by atoms with van der Waals surface area (Å²) in [6.45, 7) is 0. The third-order valence-corrected chi connectivity index (χ3v) is 6.53. The van der Waals surface area contributed by atoms with E-state index in [1.54, 1.807) is 0 Å². The van der Waals surface area contributed by atoms with Crippen molar-refractivity contribution in [3.05, 3.63) is 109 Å². The van der Waals surface area contributed by atoms with E-state index in [2.05, 4.69) is 60.7 Å². The molecule has 0 aliphatic carbocycles. The molecule has 3 heteroatoms. The van der Waals surface area contributed by atoms with E-state index in [0.717, 1.165) is 66.1 Å². The normalized spacial score (nSPS) is 11.5. The van der Waals surface area contributed by atoms with E-state index in [1.165, 1.54) is 0 Å². The van der Waals surface area contributed by atoms with Crippen LogP contribution in [-0.2, 0) is 0 Å². The fraction of sp³-hybridized carbons (Fsp3) is 0. The summed E-state index contributed by atoms with van der Waals surface area (Å²) in [6, 6.07) is 37.0. The monoisotopic (exact) mass is 435 g/mol. The fourth-order valence-electron chi connectivity index (χ4n) is 4.81. The summed E-state index contributed by atoms with van der Waals surface area (Å²) in [5.41, 5.74) is 8.40. The lowest BCUT2D eigenvalue weighted by Gasteiger charge is -2.06. The Balaban J connectivity index is 1.38. The van der Waals surface area contributed by atoms with Crippen LogP contribution in [0.4, 0.5) is 0 Å². The van der Waals surface area contributed by atoms with Gasteiger partial charge >= 0.3 is 0 Å². The fourth-order valence-corrected chi connectivity index (χ4v) is 4.81. The van der Waals surface area contributed by atoms with E-state index in [-0.39, 0.29) is 0 Å². The molecule has 0 N–H and O–H groups in total. The predicted molar refractivity (Wildman–Crippen MR) is 137 cm³/mol. The van der Waals surface area contributed by atoms with Crippen LogP contribution in [0.2, 0.25) is 0 Å². The van der Waals surface area contributed by atoms with Crippen molar-refractivity contribution in [1.29, 1.82) is 5.26 Å². The minimum Gasteiger partial charge on any atom is -0.452 e. The summed E-state index contributed by atoms with van der Waals surface area (Å²) in [5.74, 6) is 0. The lowest BCUT2D eigenvalue weighted by Crippen LogP contribution is -1.82. The number of furan rings is 2. The molecule has 0 fully saturated rings. The molecule has 0 unspecified atom stereocenters. The van der Waals surface area contributed by atoms with Gasteiger partial charge in [-0.25, -0.2) is 0 Å². The van der Waals surface area contributed by atoms with E-state index in [9.17, 15) is 0 Å². The van der Waals surface area contributed by atoms with Crippen LogP contribution in [0.5, 0.6) is 0 Å². The minimum absolute atomic E-state index is 0.663. The molecule has 2 heterocycles. The number of nitriles is 1. The molecule has 158 valence electrons. The standard InChI is InChI=1S/C31H17NO2/c32-18-19-8-10-20(11-9-19)21-4-3-5-22(16-21)23-12-15-29-27(17-23)26-14-13-25-24-6-1-2-7-28(24)33-30(25)31(26)34-29/h1-17H. The number of fused-ring (bicyclic) bond motifs is 7. The first-order chi connectivity index (χ1) is 16.8. The smallest absolute Gasteiger partial charge is 0.178 e. The SMILES string of the molecule is N#Cc1ccc(-c2cccc(-c3ccc4oc5c(ccc6c7ccccc7oc65)c4c3)c2)cc1. The summed E-state index contributed by atoms with van der Waals surface area (Å²) < 4.78 is 12.5. The van der Waals surface area contributed by atoms with Gasteiger partial charge in [-0.3, -0.25) is 0 Å². The van der Waals surface area contributed by atoms with Gasteiger partial charge in [0.05, 0.1) is 11.6 Å². The summed E-state index contributed by atoms with van der Waals surface area (Å²) in [7, 11) is 0. The molecule has 2 aromatic heterocycles. The van der Waals surface area contributed by atoms with Crippen molar-refractivity contribution < 1.29 is 8.83 Å². The molecule has 0 amide bonds. The third-order valence-electron chi connectivity index (χ3n) is 6.53. The Hall–Kier alpha value is -4.81. The van der Waals surface area contributed by atoms with Gasteiger partial charge in [-0.2, -0.15) is 5.26 Å². The molecule has 0 aliphatic rings. The Morgan fingerprint density at radius 2 is 1.09 bits per heavy atom. The third kappa shape index (κ3) is 2.76. The van der Waals surface area contributed by atoms with Gasteiger partial charge in [0.15, 0.2) is 11.2 Å². The molecule has 0 saturated heterocycles. The van der Waals surface area contributed by atoms with Crippen LogP contribution in [0.15, 0.2) is 112 Å². The van der Waals surface area contributed by atoms with Gasteiger partial charge in [0.1, 0.15) is 11.2 Å².